The predicted octanol–water partition coefficient (Wildman–Crippen LogP) is 3.97. The van der Waals surface area contributed by atoms with Crippen LogP contribution in [0.2, 0.25) is 0 Å². The van der Waals surface area contributed by atoms with E-state index in [0.29, 0.717) is 6.42 Å². The van der Waals surface area contributed by atoms with Crippen LogP contribution in [0.1, 0.15) is 51.0 Å². The van der Waals surface area contributed by atoms with Gasteiger partial charge in [-0.3, -0.25) is 9.59 Å². The summed E-state index contributed by atoms with van der Waals surface area (Å²) in [6, 6.07) is 6.72. The Kier molecular flexibility index (Phi) is 8.03. The van der Waals surface area contributed by atoms with Crippen molar-refractivity contribution in [2.24, 2.45) is 5.41 Å². The van der Waals surface area contributed by atoms with Crippen LogP contribution in [0.5, 0.6) is 5.75 Å². The summed E-state index contributed by atoms with van der Waals surface area (Å²) in [6.45, 7) is 7.33. The van der Waals surface area contributed by atoms with Gasteiger partial charge in [-0.05, 0) is 25.5 Å². The molecule has 1 rings (SSSR count). The van der Waals surface area contributed by atoms with Crippen LogP contribution in [-0.4, -0.2) is 28.1 Å². The minimum absolute atomic E-state index is 0.0243. The number of hydrogen-bond donors (Lipinski definition) is 2. The summed E-state index contributed by atoms with van der Waals surface area (Å²) < 4.78 is 5.20. The molecule has 0 saturated carbocycles. The smallest absolute Gasteiger partial charge is 0.332 e. The minimum atomic E-state index is -1.87. The molecule has 0 aliphatic heterocycles. The third-order valence-corrected chi connectivity index (χ3v) is 4.40. The van der Waals surface area contributed by atoms with Crippen molar-refractivity contribution < 1.29 is 29.3 Å². The molecular formula is C20H26O6. The van der Waals surface area contributed by atoms with Gasteiger partial charge in [-0.1, -0.05) is 56.9 Å². The maximum atomic E-state index is 12.3. The van der Waals surface area contributed by atoms with Gasteiger partial charge in [0.1, 0.15) is 11.2 Å². The third kappa shape index (κ3) is 5.72. The first-order valence-electron chi connectivity index (χ1n) is 8.66. The molecule has 1 aromatic carbocycles. The van der Waals surface area contributed by atoms with E-state index in [1.54, 1.807) is 24.3 Å². The largest absolute Gasteiger partial charge is 0.481 e. The van der Waals surface area contributed by atoms with E-state index < -0.39 is 35.3 Å². The molecule has 142 valence electrons. The maximum Gasteiger partial charge on any atom is 0.332 e. The summed E-state index contributed by atoms with van der Waals surface area (Å²) in [5.74, 6) is -3.31. The van der Waals surface area contributed by atoms with Crippen LogP contribution in [0.4, 0.5) is 0 Å². The molecule has 0 aliphatic carbocycles. The number of unbranched alkanes of at least 4 members (excludes halogenated alkanes) is 3. The highest BCUT2D eigenvalue weighted by Crippen LogP contribution is 2.38. The molecular weight excluding hydrogens is 336 g/mol. The van der Waals surface area contributed by atoms with Crippen LogP contribution in [0, 0.1) is 12.3 Å². The summed E-state index contributed by atoms with van der Waals surface area (Å²) >= 11 is 0. The Hall–Kier alpha value is -2.63. The third-order valence-electron chi connectivity index (χ3n) is 4.40. The van der Waals surface area contributed by atoms with Crippen molar-refractivity contribution in [3.63, 3.8) is 0 Å². The SMILES string of the molecule is C=C(C(=O)O)C(CCCCCC)(CC(=O)Oc1ccc(C)cc1)C(=O)O. The molecule has 0 aromatic heterocycles. The van der Waals surface area contributed by atoms with E-state index in [2.05, 4.69) is 6.58 Å². The van der Waals surface area contributed by atoms with E-state index in [9.17, 15) is 24.6 Å². The molecule has 26 heavy (non-hydrogen) atoms. The zero-order valence-electron chi connectivity index (χ0n) is 15.3. The summed E-state index contributed by atoms with van der Waals surface area (Å²) in [4.78, 5) is 35.6. The number of esters is 1. The second-order valence-electron chi connectivity index (χ2n) is 6.45. The first-order chi connectivity index (χ1) is 12.2. The highest BCUT2D eigenvalue weighted by molar-refractivity contribution is 5.98. The fraction of sp³-hybridized carbons (Fsp3) is 0.450. The highest BCUT2D eigenvalue weighted by Gasteiger charge is 2.46. The Labute approximate surface area is 153 Å². The van der Waals surface area contributed by atoms with Crippen LogP contribution in [0.3, 0.4) is 0 Å². The van der Waals surface area contributed by atoms with Crippen LogP contribution >= 0.6 is 0 Å². The van der Waals surface area contributed by atoms with Crippen molar-refractivity contribution >= 4 is 17.9 Å². The maximum absolute atomic E-state index is 12.3. The second kappa shape index (κ2) is 9.75. The molecule has 6 heteroatoms. The Bertz CT molecular complexity index is 661. The lowest BCUT2D eigenvalue weighted by atomic mass is 9.73. The van der Waals surface area contributed by atoms with Gasteiger partial charge in [-0.2, -0.15) is 0 Å². The number of rotatable bonds is 11. The van der Waals surface area contributed by atoms with Crippen molar-refractivity contribution in [1.29, 1.82) is 0 Å². The van der Waals surface area contributed by atoms with Gasteiger partial charge >= 0.3 is 17.9 Å². The lowest BCUT2D eigenvalue weighted by Gasteiger charge is -2.28. The lowest BCUT2D eigenvalue weighted by molar-refractivity contribution is -0.155. The topological polar surface area (TPSA) is 101 Å². The van der Waals surface area contributed by atoms with Crippen molar-refractivity contribution in [2.45, 2.75) is 52.4 Å². The molecule has 0 saturated heterocycles. The number of aliphatic carboxylic acids is 2. The van der Waals surface area contributed by atoms with Crippen LogP contribution in [-0.2, 0) is 14.4 Å². The van der Waals surface area contributed by atoms with Gasteiger partial charge in [-0.15, -0.1) is 0 Å². The zero-order chi connectivity index (χ0) is 19.7. The second-order valence-corrected chi connectivity index (χ2v) is 6.45. The van der Waals surface area contributed by atoms with E-state index in [1.807, 2.05) is 13.8 Å². The van der Waals surface area contributed by atoms with Crippen LogP contribution < -0.4 is 4.74 Å². The fourth-order valence-corrected chi connectivity index (χ4v) is 2.74. The number of carbonyl (C=O) groups excluding carboxylic acids is 1. The molecule has 0 radical (unpaired) electrons. The lowest BCUT2D eigenvalue weighted by Crippen LogP contribution is -2.39. The van der Waals surface area contributed by atoms with Crippen LogP contribution in [0.25, 0.3) is 0 Å². The Balaban J connectivity index is 2.99. The monoisotopic (exact) mass is 362 g/mol. The molecule has 6 nitrogen and oxygen atoms in total. The first-order valence-corrected chi connectivity index (χ1v) is 8.66. The zero-order valence-corrected chi connectivity index (χ0v) is 15.3. The van der Waals surface area contributed by atoms with Gasteiger partial charge in [0.25, 0.3) is 0 Å². The van der Waals surface area contributed by atoms with E-state index in [-0.39, 0.29) is 12.2 Å². The van der Waals surface area contributed by atoms with Gasteiger partial charge in [0.15, 0.2) is 0 Å². The summed E-state index contributed by atoms with van der Waals surface area (Å²) in [5.41, 5.74) is -1.39. The molecule has 0 aliphatic rings. The van der Waals surface area contributed by atoms with Gasteiger partial charge < -0.3 is 14.9 Å². The van der Waals surface area contributed by atoms with E-state index >= 15 is 0 Å². The molecule has 1 unspecified atom stereocenters. The van der Waals surface area contributed by atoms with E-state index in [4.69, 9.17) is 4.74 Å². The van der Waals surface area contributed by atoms with Gasteiger partial charge in [0.05, 0.1) is 6.42 Å². The van der Waals surface area contributed by atoms with Gasteiger partial charge in [-0.25, -0.2) is 4.79 Å². The summed E-state index contributed by atoms with van der Waals surface area (Å²) in [5, 5.41) is 19.0. The van der Waals surface area contributed by atoms with Gasteiger partial charge in [0.2, 0.25) is 0 Å². The number of carbonyl (C=O) groups is 3. The Morgan fingerprint density at radius 3 is 2.19 bits per heavy atom. The summed E-state index contributed by atoms with van der Waals surface area (Å²) in [6.07, 6.45) is 2.55. The fourth-order valence-electron chi connectivity index (χ4n) is 2.74. The normalized spacial score (nSPS) is 12.8. The Morgan fingerprint density at radius 1 is 1.08 bits per heavy atom. The molecule has 2 N–H and O–H groups in total. The van der Waals surface area contributed by atoms with Crippen molar-refractivity contribution in [1.82, 2.24) is 0 Å². The van der Waals surface area contributed by atoms with Crippen LogP contribution in [0.15, 0.2) is 36.4 Å². The molecule has 0 amide bonds. The van der Waals surface area contributed by atoms with E-state index in [0.717, 1.165) is 24.8 Å². The number of hydrogen-bond acceptors (Lipinski definition) is 4. The molecule has 0 heterocycles. The Morgan fingerprint density at radius 2 is 1.69 bits per heavy atom. The molecule has 1 aromatic rings. The minimum Gasteiger partial charge on any atom is -0.481 e. The number of aryl methyl sites for hydroxylation is 1. The number of benzene rings is 1. The first kappa shape index (κ1) is 21.4. The highest BCUT2D eigenvalue weighted by atomic mass is 16.5. The molecule has 0 fully saturated rings. The predicted molar refractivity (Wildman–Crippen MR) is 97.0 cm³/mol. The van der Waals surface area contributed by atoms with Crippen molar-refractivity contribution in [2.75, 3.05) is 0 Å². The van der Waals surface area contributed by atoms with Gasteiger partial charge in [0, 0.05) is 5.57 Å². The number of carboxylic acids is 2. The number of carboxylic acid groups (broad SMARTS) is 2. The molecule has 0 bridgehead atoms. The summed E-state index contributed by atoms with van der Waals surface area (Å²) in [7, 11) is 0. The molecule has 1 atom stereocenters. The quantitative estimate of drug-likeness (QED) is 0.267. The van der Waals surface area contributed by atoms with Crippen molar-refractivity contribution in [3.8, 4) is 5.75 Å². The van der Waals surface area contributed by atoms with E-state index in [1.165, 1.54) is 0 Å². The average Bonchev–Trinajstić information content (AvgIpc) is 2.58. The standard InChI is InChI=1S/C20H26O6/c1-4-5-6-7-12-20(19(24)25,15(3)18(22)23)13-17(21)26-16-10-8-14(2)9-11-16/h8-11H,3-7,12-13H2,1-2H3,(H,22,23)(H,24,25). The number of ether oxygens (including phenoxy) is 1. The van der Waals surface area contributed by atoms with Crippen molar-refractivity contribution in [3.05, 3.63) is 42.0 Å². The molecule has 0 spiro atoms. The average molecular weight is 362 g/mol.